The Morgan fingerprint density at radius 1 is 1.10 bits per heavy atom. The van der Waals surface area contributed by atoms with E-state index in [1.165, 1.54) is 0 Å². The van der Waals surface area contributed by atoms with E-state index in [9.17, 15) is 9.90 Å². The normalized spacial score (nSPS) is 11.9. The Morgan fingerprint density at radius 3 is 2.48 bits per heavy atom. The lowest BCUT2D eigenvalue weighted by molar-refractivity contribution is -0.145. The number of carbonyl (C=O) groups is 1. The van der Waals surface area contributed by atoms with Crippen molar-refractivity contribution in [1.29, 1.82) is 0 Å². The molecule has 2 rings (SSSR count). The van der Waals surface area contributed by atoms with E-state index < -0.39 is 6.10 Å². The van der Waals surface area contributed by atoms with Crippen LogP contribution in [0.25, 0.3) is 11.1 Å². The molecule has 2 aromatic rings. The lowest BCUT2D eigenvalue weighted by atomic mass is 9.95. The van der Waals surface area contributed by atoms with Crippen molar-refractivity contribution in [3.05, 3.63) is 60.2 Å². The molecule has 0 aromatic heterocycles. The average Bonchev–Trinajstić information content (AvgIpc) is 2.48. The molecule has 0 saturated carbocycles. The van der Waals surface area contributed by atoms with Crippen molar-refractivity contribution >= 4 is 5.97 Å². The van der Waals surface area contributed by atoms with Gasteiger partial charge in [-0.2, -0.15) is 0 Å². The van der Waals surface area contributed by atoms with Gasteiger partial charge in [0.1, 0.15) is 0 Å². The minimum Gasteiger partial charge on any atom is -0.466 e. The summed E-state index contributed by atoms with van der Waals surface area (Å²) in [4.78, 5) is 11.4. The summed E-state index contributed by atoms with van der Waals surface area (Å²) < 4.78 is 4.87. The van der Waals surface area contributed by atoms with Crippen LogP contribution < -0.4 is 0 Å². The van der Waals surface area contributed by atoms with Crippen LogP contribution in [0.5, 0.6) is 0 Å². The van der Waals surface area contributed by atoms with E-state index in [-0.39, 0.29) is 12.4 Å². The Labute approximate surface area is 125 Å². The highest BCUT2D eigenvalue weighted by Crippen LogP contribution is 2.24. The standard InChI is InChI=1S/C18H20O3/c1-2-21-18(20)13-16(19)12-15-10-6-7-11-17(15)14-8-4-3-5-9-14/h3-11,16,19H,2,12-13H2,1H3/t16-/m0/s1. The van der Waals surface area contributed by atoms with Gasteiger partial charge in [-0.3, -0.25) is 4.79 Å². The van der Waals surface area contributed by atoms with Crippen LogP contribution >= 0.6 is 0 Å². The van der Waals surface area contributed by atoms with Crippen LogP contribution in [0.2, 0.25) is 0 Å². The fraction of sp³-hybridized carbons (Fsp3) is 0.278. The van der Waals surface area contributed by atoms with E-state index >= 15 is 0 Å². The summed E-state index contributed by atoms with van der Waals surface area (Å²) in [5.74, 6) is -0.359. The molecule has 0 unspecified atom stereocenters. The second kappa shape index (κ2) is 7.60. The van der Waals surface area contributed by atoms with Crippen LogP contribution in [0, 0.1) is 0 Å². The van der Waals surface area contributed by atoms with Gasteiger partial charge >= 0.3 is 5.97 Å². The molecule has 0 saturated heterocycles. The van der Waals surface area contributed by atoms with Crippen LogP contribution in [-0.2, 0) is 16.0 Å². The van der Waals surface area contributed by atoms with Gasteiger partial charge in [-0.1, -0.05) is 54.6 Å². The number of esters is 1. The number of hydrogen-bond donors (Lipinski definition) is 1. The highest BCUT2D eigenvalue weighted by atomic mass is 16.5. The molecule has 0 heterocycles. The summed E-state index contributed by atoms with van der Waals surface area (Å²) in [7, 11) is 0. The number of aliphatic hydroxyl groups is 1. The summed E-state index contributed by atoms with van der Waals surface area (Å²) in [5, 5.41) is 10.1. The molecule has 0 aliphatic rings. The van der Waals surface area contributed by atoms with Gasteiger partial charge in [-0.05, 0) is 30.0 Å². The third-order valence-corrected chi connectivity index (χ3v) is 3.27. The molecular weight excluding hydrogens is 264 g/mol. The maximum absolute atomic E-state index is 11.4. The van der Waals surface area contributed by atoms with Gasteiger partial charge in [0.2, 0.25) is 0 Å². The largest absolute Gasteiger partial charge is 0.466 e. The Hall–Kier alpha value is -2.13. The molecule has 0 radical (unpaired) electrons. The SMILES string of the molecule is CCOC(=O)C[C@@H](O)Cc1ccccc1-c1ccccc1. The topological polar surface area (TPSA) is 46.5 Å². The summed E-state index contributed by atoms with van der Waals surface area (Å²) in [6, 6.07) is 18.0. The molecule has 3 heteroatoms. The first-order valence-electron chi connectivity index (χ1n) is 7.17. The summed E-state index contributed by atoms with van der Waals surface area (Å²) in [6.07, 6.45) is -0.269. The fourth-order valence-corrected chi connectivity index (χ4v) is 2.34. The minimum absolute atomic E-state index is 0.0248. The van der Waals surface area contributed by atoms with Crippen molar-refractivity contribution < 1.29 is 14.6 Å². The van der Waals surface area contributed by atoms with Gasteiger partial charge < -0.3 is 9.84 Å². The highest BCUT2D eigenvalue weighted by Gasteiger charge is 2.14. The van der Waals surface area contributed by atoms with E-state index in [1.807, 2.05) is 54.6 Å². The van der Waals surface area contributed by atoms with Gasteiger partial charge in [0, 0.05) is 0 Å². The first kappa shape index (κ1) is 15.3. The third-order valence-electron chi connectivity index (χ3n) is 3.27. The van der Waals surface area contributed by atoms with Crippen LogP contribution in [0.3, 0.4) is 0 Å². The van der Waals surface area contributed by atoms with Gasteiger partial charge in [0.25, 0.3) is 0 Å². The van der Waals surface area contributed by atoms with E-state index in [0.29, 0.717) is 13.0 Å². The van der Waals surface area contributed by atoms with Crippen LogP contribution in [-0.4, -0.2) is 23.8 Å². The van der Waals surface area contributed by atoms with Crippen molar-refractivity contribution in [2.24, 2.45) is 0 Å². The van der Waals surface area contributed by atoms with Crippen molar-refractivity contribution in [2.45, 2.75) is 25.9 Å². The number of rotatable bonds is 6. The van der Waals surface area contributed by atoms with Gasteiger partial charge in [-0.25, -0.2) is 0 Å². The molecule has 1 N–H and O–H groups in total. The average molecular weight is 284 g/mol. The molecule has 1 atom stereocenters. The van der Waals surface area contributed by atoms with E-state index in [1.54, 1.807) is 6.92 Å². The van der Waals surface area contributed by atoms with Crippen LogP contribution in [0.15, 0.2) is 54.6 Å². The molecule has 0 aliphatic heterocycles. The van der Waals surface area contributed by atoms with Crippen molar-refractivity contribution in [3.8, 4) is 11.1 Å². The molecular formula is C18H20O3. The first-order chi connectivity index (χ1) is 10.2. The molecule has 0 fully saturated rings. The lowest BCUT2D eigenvalue weighted by Gasteiger charge is -2.14. The molecule has 110 valence electrons. The molecule has 0 amide bonds. The number of ether oxygens (including phenoxy) is 1. The highest BCUT2D eigenvalue weighted by molar-refractivity contribution is 5.70. The van der Waals surface area contributed by atoms with E-state index in [2.05, 4.69) is 0 Å². The zero-order valence-electron chi connectivity index (χ0n) is 12.2. The van der Waals surface area contributed by atoms with Crippen LogP contribution in [0.1, 0.15) is 18.9 Å². The summed E-state index contributed by atoms with van der Waals surface area (Å²) in [6.45, 7) is 2.10. The maximum atomic E-state index is 11.4. The number of carbonyl (C=O) groups excluding carboxylic acids is 1. The Bertz CT molecular complexity index is 578. The fourth-order valence-electron chi connectivity index (χ4n) is 2.34. The molecule has 2 aromatic carbocycles. The van der Waals surface area contributed by atoms with Crippen molar-refractivity contribution in [3.63, 3.8) is 0 Å². The van der Waals surface area contributed by atoms with E-state index in [0.717, 1.165) is 16.7 Å². The quantitative estimate of drug-likeness (QED) is 0.829. The maximum Gasteiger partial charge on any atom is 0.308 e. The molecule has 0 spiro atoms. The van der Waals surface area contributed by atoms with Crippen molar-refractivity contribution in [2.75, 3.05) is 6.61 Å². The van der Waals surface area contributed by atoms with Crippen molar-refractivity contribution in [1.82, 2.24) is 0 Å². The summed E-state index contributed by atoms with van der Waals surface area (Å²) >= 11 is 0. The lowest BCUT2D eigenvalue weighted by Crippen LogP contribution is -2.18. The number of benzene rings is 2. The monoisotopic (exact) mass is 284 g/mol. The Balaban J connectivity index is 2.12. The summed E-state index contributed by atoms with van der Waals surface area (Å²) in [5.41, 5.74) is 3.22. The predicted molar refractivity (Wildman–Crippen MR) is 82.8 cm³/mol. The van der Waals surface area contributed by atoms with Crippen LogP contribution in [0.4, 0.5) is 0 Å². The first-order valence-corrected chi connectivity index (χ1v) is 7.17. The third kappa shape index (κ3) is 4.43. The Morgan fingerprint density at radius 2 is 1.76 bits per heavy atom. The zero-order valence-corrected chi connectivity index (χ0v) is 12.2. The molecule has 3 nitrogen and oxygen atoms in total. The van der Waals surface area contributed by atoms with E-state index in [4.69, 9.17) is 4.74 Å². The predicted octanol–water partition coefficient (Wildman–Crippen LogP) is 3.21. The van der Waals surface area contributed by atoms with Gasteiger partial charge in [0.15, 0.2) is 0 Å². The Kier molecular flexibility index (Phi) is 5.52. The molecule has 21 heavy (non-hydrogen) atoms. The minimum atomic E-state index is -0.728. The molecule has 0 bridgehead atoms. The number of hydrogen-bond acceptors (Lipinski definition) is 3. The van der Waals surface area contributed by atoms with Gasteiger partial charge in [0.05, 0.1) is 19.1 Å². The number of aliphatic hydroxyl groups excluding tert-OH is 1. The second-order valence-corrected chi connectivity index (χ2v) is 4.89. The zero-order chi connectivity index (χ0) is 15.1. The molecule has 0 aliphatic carbocycles. The van der Waals surface area contributed by atoms with Gasteiger partial charge in [-0.15, -0.1) is 0 Å². The second-order valence-electron chi connectivity index (χ2n) is 4.89. The smallest absolute Gasteiger partial charge is 0.308 e.